The van der Waals surface area contributed by atoms with Crippen molar-refractivity contribution in [2.75, 3.05) is 13.6 Å². The molecule has 0 aliphatic heterocycles. The number of rotatable bonds is 8. The zero-order chi connectivity index (χ0) is 18.9. The Morgan fingerprint density at radius 1 is 1.12 bits per heavy atom. The molecule has 0 saturated carbocycles. The smallest absolute Gasteiger partial charge is 0.269 e. The Morgan fingerprint density at radius 3 is 2.54 bits per heavy atom. The fourth-order valence-electron chi connectivity index (χ4n) is 2.45. The first-order valence-corrected chi connectivity index (χ1v) is 8.28. The van der Waals surface area contributed by atoms with Crippen molar-refractivity contribution < 1.29 is 14.5 Å². The van der Waals surface area contributed by atoms with E-state index in [0.29, 0.717) is 37.1 Å². The second-order valence-corrected chi connectivity index (χ2v) is 5.90. The van der Waals surface area contributed by atoms with E-state index in [9.17, 15) is 19.7 Å². The highest BCUT2D eigenvalue weighted by Crippen LogP contribution is 2.14. The fourth-order valence-corrected chi connectivity index (χ4v) is 2.45. The Morgan fingerprint density at radius 2 is 1.85 bits per heavy atom. The summed E-state index contributed by atoms with van der Waals surface area (Å²) in [4.78, 5) is 35.9. The van der Waals surface area contributed by atoms with E-state index in [2.05, 4.69) is 5.32 Å². The lowest BCUT2D eigenvalue weighted by Gasteiger charge is -2.17. The van der Waals surface area contributed by atoms with Crippen LogP contribution in [0.1, 0.15) is 28.8 Å². The molecule has 7 nitrogen and oxygen atoms in total. The molecule has 0 saturated heterocycles. The fraction of sp³-hybridized carbons (Fsp3) is 0.263. The van der Waals surface area contributed by atoms with Crippen molar-refractivity contribution in [3.05, 3.63) is 75.8 Å². The van der Waals surface area contributed by atoms with Crippen LogP contribution < -0.4 is 5.32 Å². The Labute approximate surface area is 151 Å². The van der Waals surface area contributed by atoms with Crippen LogP contribution in [0.25, 0.3) is 0 Å². The molecule has 0 heterocycles. The SMILES string of the molecule is CN(Cc1cccc([N+](=O)[O-])c1)C(=O)CCCNC(=O)c1ccccc1. The molecule has 0 bridgehead atoms. The standard InChI is InChI=1S/C19H21N3O4/c1-21(14-15-7-5-10-17(13-15)22(25)26)18(23)11-6-12-20-19(24)16-8-3-2-4-9-16/h2-5,7-10,13H,6,11-12,14H2,1H3,(H,20,24). The van der Waals surface area contributed by atoms with Crippen LogP contribution in [0, 0.1) is 10.1 Å². The summed E-state index contributed by atoms with van der Waals surface area (Å²) in [6, 6.07) is 15.1. The highest BCUT2D eigenvalue weighted by molar-refractivity contribution is 5.94. The molecular formula is C19H21N3O4. The summed E-state index contributed by atoms with van der Waals surface area (Å²) in [5, 5.41) is 13.6. The molecule has 7 heteroatoms. The normalized spacial score (nSPS) is 10.2. The van der Waals surface area contributed by atoms with Gasteiger partial charge in [0.15, 0.2) is 0 Å². The maximum Gasteiger partial charge on any atom is 0.269 e. The van der Waals surface area contributed by atoms with Gasteiger partial charge in [-0.3, -0.25) is 19.7 Å². The van der Waals surface area contributed by atoms with Gasteiger partial charge in [-0.15, -0.1) is 0 Å². The van der Waals surface area contributed by atoms with E-state index >= 15 is 0 Å². The molecule has 1 N–H and O–H groups in total. The van der Waals surface area contributed by atoms with Crippen molar-refractivity contribution in [3.8, 4) is 0 Å². The molecule has 2 amide bonds. The van der Waals surface area contributed by atoms with Crippen molar-refractivity contribution in [2.24, 2.45) is 0 Å². The summed E-state index contributed by atoms with van der Waals surface area (Å²) in [5.41, 5.74) is 1.29. The van der Waals surface area contributed by atoms with Gasteiger partial charge in [0.05, 0.1) is 4.92 Å². The van der Waals surface area contributed by atoms with Gasteiger partial charge >= 0.3 is 0 Å². The van der Waals surface area contributed by atoms with Crippen LogP contribution >= 0.6 is 0 Å². The molecule has 2 rings (SSSR count). The van der Waals surface area contributed by atoms with Gasteiger partial charge in [-0.05, 0) is 24.1 Å². The van der Waals surface area contributed by atoms with Gasteiger partial charge in [0, 0.05) is 44.3 Å². The molecule has 0 fully saturated rings. The Bertz CT molecular complexity index is 777. The number of amides is 2. The monoisotopic (exact) mass is 355 g/mol. The third-order valence-electron chi connectivity index (χ3n) is 3.86. The number of non-ortho nitro benzene ring substituents is 1. The second kappa shape index (κ2) is 9.31. The van der Waals surface area contributed by atoms with Gasteiger partial charge in [-0.25, -0.2) is 0 Å². The van der Waals surface area contributed by atoms with Gasteiger partial charge in [-0.2, -0.15) is 0 Å². The number of hydrogen-bond acceptors (Lipinski definition) is 4. The summed E-state index contributed by atoms with van der Waals surface area (Å²) in [5.74, 6) is -0.242. The highest BCUT2D eigenvalue weighted by atomic mass is 16.6. The Balaban J connectivity index is 1.74. The average molecular weight is 355 g/mol. The lowest BCUT2D eigenvalue weighted by Crippen LogP contribution is -2.28. The molecular weight excluding hydrogens is 334 g/mol. The van der Waals surface area contributed by atoms with E-state index in [-0.39, 0.29) is 17.5 Å². The number of carbonyl (C=O) groups excluding carboxylic acids is 2. The predicted molar refractivity (Wildman–Crippen MR) is 97.6 cm³/mol. The van der Waals surface area contributed by atoms with Crippen molar-refractivity contribution in [1.82, 2.24) is 10.2 Å². The van der Waals surface area contributed by atoms with Crippen LogP contribution in [-0.2, 0) is 11.3 Å². The third-order valence-corrected chi connectivity index (χ3v) is 3.86. The van der Waals surface area contributed by atoms with Crippen LogP contribution in [0.15, 0.2) is 54.6 Å². The summed E-state index contributed by atoms with van der Waals surface area (Å²) < 4.78 is 0. The minimum absolute atomic E-state index is 0.00646. The Kier molecular flexibility index (Phi) is 6.84. The van der Waals surface area contributed by atoms with E-state index in [0.717, 1.165) is 0 Å². The van der Waals surface area contributed by atoms with Crippen LogP contribution in [0.3, 0.4) is 0 Å². The first-order valence-electron chi connectivity index (χ1n) is 8.28. The van der Waals surface area contributed by atoms with Crippen molar-refractivity contribution in [2.45, 2.75) is 19.4 Å². The Hall–Kier alpha value is -3.22. The maximum absolute atomic E-state index is 12.2. The largest absolute Gasteiger partial charge is 0.352 e. The third kappa shape index (κ3) is 5.70. The van der Waals surface area contributed by atoms with Crippen molar-refractivity contribution >= 4 is 17.5 Å². The molecule has 2 aromatic rings. The number of benzene rings is 2. The summed E-state index contributed by atoms with van der Waals surface area (Å²) in [6.07, 6.45) is 0.817. The number of nitro groups is 1. The van der Waals surface area contributed by atoms with E-state index in [4.69, 9.17) is 0 Å². The summed E-state index contributed by atoms with van der Waals surface area (Å²) >= 11 is 0. The lowest BCUT2D eigenvalue weighted by atomic mass is 10.2. The number of nitro benzene ring substituents is 1. The van der Waals surface area contributed by atoms with E-state index in [1.807, 2.05) is 6.07 Å². The zero-order valence-electron chi connectivity index (χ0n) is 14.6. The zero-order valence-corrected chi connectivity index (χ0v) is 14.6. The molecule has 0 spiro atoms. The van der Waals surface area contributed by atoms with Gasteiger partial charge in [0.2, 0.25) is 5.91 Å². The van der Waals surface area contributed by atoms with E-state index in [1.165, 1.54) is 17.0 Å². The molecule has 0 aliphatic carbocycles. The van der Waals surface area contributed by atoms with Crippen LogP contribution in [-0.4, -0.2) is 35.2 Å². The van der Waals surface area contributed by atoms with Gasteiger partial charge < -0.3 is 10.2 Å². The molecule has 0 unspecified atom stereocenters. The number of hydrogen-bond donors (Lipinski definition) is 1. The van der Waals surface area contributed by atoms with Gasteiger partial charge in [0.1, 0.15) is 0 Å². The number of nitrogens with one attached hydrogen (secondary N) is 1. The molecule has 0 atom stereocenters. The first kappa shape index (κ1) is 19.1. The van der Waals surface area contributed by atoms with Crippen LogP contribution in [0.5, 0.6) is 0 Å². The van der Waals surface area contributed by atoms with Crippen LogP contribution in [0.2, 0.25) is 0 Å². The molecule has 26 heavy (non-hydrogen) atoms. The molecule has 0 aliphatic rings. The minimum atomic E-state index is -0.458. The van der Waals surface area contributed by atoms with E-state index in [1.54, 1.807) is 43.4 Å². The summed E-state index contributed by atoms with van der Waals surface area (Å²) in [7, 11) is 1.66. The van der Waals surface area contributed by atoms with E-state index < -0.39 is 4.92 Å². The number of carbonyl (C=O) groups is 2. The second-order valence-electron chi connectivity index (χ2n) is 5.90. The maximum atomic E-state index is 12.2. The molecule has 2 aromatic carbocycles. The quantitative estimate of drug-likeness (QED) is 0.448. The molecule has 0 radical (unpaired) electrons. The lowest BCUT2D eigenvalue weighted by molar-refractivity contribution is -0.384. The minimum Gasteiger partial charge on any atom is -0.352 e. The topological polar surface area (TPSA) is 92.5 Å². The first-order chi connectivity index (χ1) is 12.5. The average Bonchev–Trinajstić information content (AvgIpc) is 2.65. The van der Waals surface area contributed by atoms with Gasteiger partial charge in [-0.1, -0.05) is 30.3 Å². The molecule has 136 valence electrons. The predicted octanol–water partition coefficient (Wildman–Crippen LogP) is 2.76. The van der Waals surface area contributed by atoms with Crippen molar-refractivity contribution in [3.63, 3.8) is 0 Å². The summed E-state index contributed by atoms with van der Waals surface area (Å²) in [6.45, 7) is 0.709. The van der Waals surface area contributed by atoms with Crippen molar-refractivity contribution in [1.29, 1.82) is 0 Å². The molecule has 0 aromatic heterocycles. The van der Waals surface area contributed by atoms with Gasteiger partial charge in [0.25, 0.3) is 11.6 Å². The van der Waals surface area contributed by atoms with Crippen LogP contribution in [0.4, 0.5) is 5.69 Å². The number of nitrogens with zero attached hydrogens (tertiary/aromatic N) is 2. The highest BCUT2D eigenvalue weighted by Gasteiger charge is 2.12.